The second-order valence-corrected chi connectivity index (χ2v) is 9.15. The van der Waals surface area contributed by atoms with Gasteiger partial charge in [0.2, 0.25) is 5.79 Å². The Morgan fingerprint density at radius 3 is 2.42 bits per heavy atom. The van der Waals surface area contributed by atoms with Crippen LogP contribution in [-0.2, 0) is 11.3 Å². The van der Waals surface area contributed by atoms with E-state index in [2.05, 4.69) is 16.3 Å². The number of nitrogens with one attached hydrogen (secondary N) is 1. The van der Waals surface area contributed by atoms with Crippen molar-refractivity contribution < 1.29 is 14.3 Å². The summed E-state index contributed by atoms with van der Waals surface area (Å²) in [5.41, 5.74) is 3.66. The summed E-state index contributed by atoms with van der Waals surface area (Å²) >= 11 is 0. The number of anilines is 2. The molecule has 5 rings (SSSR count). The van der Waals surface area contributed by atoms with Crippen LogP contribution in [0.15, 0.2) is 42.5 Å². The van der Waals surface area contributed by atoms with Crippen molar-refractivity contribution in [2.45, 2.75) is 50.5 Å². The van der Waals surface area contributed by atoms with E-state index in [-0.39, 0.29) is 5.91 Å². The third-order valence-electron chi connectivity index (χ3n) is 6.82. The van der Waals surface area contributed by atoms with Gasteiger partial charge in [-0.2, -0.15) is 0 Å². The molecule has 6 heteroatoms. The molecular weight excluding hydrogens is 390 g/mol. The van der Waals surface area contributed by atoms with Gasteiger partial charge in [0, 0.05) is 68.6 Å². The first-order valence-electron chi connectivity index (χ1n) is 11.3. The number of rotatable bonds is 4. The Morgan fingerprint density at radius 2 is 1.77 bits per heavy atom. The highest BCUT2D eigenvalue weighted by atomic mass is 16.7. The molecule has 1 N–H and O–H groups in total. The van der Waals surface area contributed by atoms with Gasteiger partial charge >= 0.3 is 0 Å². The van der Waals surface area contributed by atoms with Gasteiger partial charge in [0.15, 0.2) is 0 Å². The zero-order chi connectivity index (χ0) is 21.4. The highest BCUT2D eigenvalue weighted by Crippen LogP contribution is 2.40. The normalized spacial score (nSPS) is 20.5. The molecule has 1 saturated carbocycles. The molecule has 6 nitrogen and oxygen atoms in total. The minimum atomic E-state index is -0.461. The number of hydrogen-bond acceptors (Lipinski definition) is 5. The zero-order valence-electron chi connectivity index (χ0n) is 18.4. The van der Waals surface area contributed by atoms with E-state index in [0.29, 0.717) is 12.2 Å². The van der Waals surface area contributed by atoms with Gasteiger partial charge in [-0.05, 0) is 55.3 Å². The van der Waals surface area contributed by atoms with Crippen molar-refractivity contribution in [3.8, 4) is 5.75 Å². The van der Waals surface area contributed by atoms with E-state index in [9.17, 15) is 4.79 Å². The molecule has 31 heavy (non-hydrogen) atoms. The Bertz CT molecular complexity index is 945. The van der Waals surface area contributed by atoms with Crippen LogP contribution in [0.25, 0.3) is 0 Å². The van der Waals surface area contributed by atoms with Crippen LogP contribution >= 0.6 is 0 Å². The smallest absolute Gasteiger partial charge is 0.253 e. The van der Waals surface area contributed by atoms with Crippen LogP contribution in [0.4, 0.5) is 11.4 Å². The van der Waals surface area contributed by atoms with E-state index < -0.39 is 5.79 Å². The van der Waals surface area contributed by atoms with Crippen LogP contribution in [0.3, 0.4) is 0 Å². The Labute approximate surface area is 184 Å². The molecule has 1 amide bonds. The first-order valence-corrected chi connectivity index (χ1v) is 11.3. The van der Waals surface area contributed by atoms with Gasteiger partial charge in [-0.15, -0.1) is 0 Å². The SMILES string of the molecule is CN(C)C(=O)c1ccc(Nc2ccc3c(c2)COC2(CCN(C4CCC4)CC2)O3)cc1. The van der Waals surface area contributed by atoms with Crippen LogP contribution in [0.2, 0.25) is 0 Å². The predicted octanol–water partition coefficient (Wildman–Crippen LogP) is 4.39. The fourth-order valence-electron chi connectivity index (χ4n) is 4.66. The lowest BCUT2D eigenvalue weighted by atomic mass is 9.89. The summed E-state index contributed by atoms with van der Waals surface area (Å²) in [7, 11) is 3.52. The topological polar surface area (TPSA) is 54.0 Å². The minimum absolute atomic E-state index is 0.00192. The molecule has 1 saturated heterocycles. The van der Waals surface area contributed by atoms with Crippen molar-refractivity contribution in [3.63, 3.8) is 0 Å². The molecule has 0 radical (unpaired) electrons. The molecular formula is C25H31N3O3. The molecule has 0 unspecified atom stereocenters. The lowest BCUT2D eigenvalue weighted by Gasteiger charge is -2.47. The molecule has 0 aromatic heterocycles. The lowest BCUT2D eigenvalue weighted by Crippen LogP contribution is -2.54. The van der Waals surface area contributed by atoms with E-state index in [1.54, 1.807) is 19.0 Å². The van der Waals surface area contributed by atoms with Crippen molar-refractivity contribution in [2.75, 3.05) is 32.5 Å². The monoisotopic (exact) mass is 421 g/mol. The number of amides is 1. The number of hydrogen-bond donors (Lipinski definition) is 1. The Kier molecular flexibility index (Phi) is 5.36. The number of carbonyl (C=O) groups is 1. The number of benzene rings is 2. The molecule has 2 heterocycles. The predicted molar refractivity (Wildman–Crippen MR) is 121 cm³/mol. The lowest BCUT2D eigenvalue weighted by molar-refractivity contribution is -0.231. The summed E-state index contributed by atoms with van der Waals surface area (Å²) < 4.78 is 12.7. The molecule has 3 aliphatic rings. The van der Waals surface area contributed by atoms with Gasteiger partial charge in [0.1, 0.15) is 5.75 Å². The average molecular weight is 422 g/mol. The summed E-state index contributed by atoms with van der Waals surface area (Å²) in [6, 6.07) is 14.5. The highest BCUT2D eigenvalue weighted by Gasteiger charge is 2.42. The van der Waals surface area contributed by atoms with Crippen molar-refractivity contribution in [3.05, 3.63) is 53.6 Å². The third kappa shape index (κ3) is 4.14. The Hall–Kier alpha value is -2.57. The van der Waals surface area contributed by atoms with Crippen molar-refractivity contribution in [2.24, 2.45) is 0 Å². The summed E-state index contributed by atoms with van der Waals surface area (Å²) in [5, 5.41) is 3.41. The first kappa shape index (κ1) is 20.3. The largest absolute Gasteiger partial charge is 0.462 e. The molecule has 2 aromatic carbocycles. The molecule has 0 atom stereocenters. The van der Waals surface area contributed by atoms with E-state index >= 15 is 0 Å². The Morgan fingerprint density at radius 1 is 1.06 bits per heavy atom. The van der Waals surface area contributed by atoms with Crippen LogP contribution < -0.4 is 10.1 Å². The minimum Gasteiger partial charge on any atom is -0.462 e. The maximum absolute atomic E-state index is 12.0. The summed E-state index contributed by atoms with van der Waals surface area (Å²) in [6.45, 7) is 2.70. The van der Waals surface area contributed by atoms with Crippen molar-refractivity contribution in [1.82, 2.24) is 9.80 Å². The second-order valence-electron chi connectivity index (χ2n) is 9.15. The van der Waals surface area contributed by atoms with E-state index in [4.69, 9.17) is 9.47 Å². The summed E-state index contributed by atoms with van der Waals surface area (Å²) in [4.78, 5) is 16.2. The highest BCUT2D eigenvalue weighted by molar-refractivity contribution is 5.94. The van der Waals surface area contributed by atoms with Crippen LogP contribution in [0, 0.1) is 0 Å². The van der Waals surface area contributed by atoms with E-state index in [1.165, 1.54) is 19.3 Å². The van der Waals surface area contributed by atoms with Gasteiger partial charge in [-0.3, -0.25) is 9.69 Å². The van der Waals surface area contributed by atoms with Crippen molar-refractivity contribution >= 4 is 17.3 Å². The fourth-order valence-corrected chi connectivity index (χ4v) is 4.66. The fraction of sp³-hybridized carbons (Fsp3) is 0.480. The summed E-state index contributed by atoms with van der Waals surface area (Å²) in [6.07, 6.45) is 5.94. The quantitative estimate of drug-likeness (QED) is 0.794. The average Bonchev–Trinajstić information content (AvgIpc) is 2.74. The molecule has 2 aromatic rings. The van der Waals surface area contributed by atoms with Gasteiger partial charge < -0.3 is 19.7 Å². The van der Waals surface area contributed by atoms with Gasteiger partial charge in [-0.1, -0.05) is 6.42 Å². The number of ether oxygens (including phenoxy) is 2. The summed E-state index contributed by atoms with van der Waals surface area (Å²) in [5.74, 6) is 0.472. The Balaban J connectivity index is 1.22. The molecule has 2 fully saturated rings. The first-order chi connectivity index (χ1) is 15.0. The maximum Gasteiger partial charge on any atom is 0.253 e. The number of nitrogens with zero attached hydrogens (tertiary/aromatic N) is 2. The molecule has 2 aliphatic heterocycles. The van der Waals surface area contributed by atoms with Gasteiger partial charge in [-0.25, -0.2) is 0 Å². The number of carbonyl (C=O) groups excluding carboxylic acids is 1. The van der Waals surface area contributed by atoms with Gasteiger partial charge in [0.05, 0.1) is 6.61 Å². The maximum atomic E-state index is 12.0. The van der Waals surface area contributed by atoms with E-state index in [0.717, 1.165) is 54.7 Å². The number of likely N-dealkylation sites (tertiary alicyclic amines) is 1. The number of fused-ring (bicyclic) bond motifs is 1. The second kappa shape index (κ2) is 8.17. The van der Waals surface area contributed by atoms with Gasteiger partial charge in [0.25, 0.3) is 5.91 Å². The van der Waals surface area contributed by atoms with Crippen molar-refractivity contribution in [1.29, 1.82) is 0 Å². The molecule has 164 valence electrons. The van der Waals surface area contributed by atoms with Crippen LogP contribution in [0.1, 0.15) is 48.0 Å². The van der Waals surface area contributed by atoms with Crippen LogP contribution in [-0.4, -0.2) is 54.7 Å². The molecule has 1 aliphatic carbocycles. The third-order valence-corrected chi connectivity index (χ3v) is 6.82. The molecule has 0 bridgehead atoms. The molecule has 1 spiro atoms. The standard InChI is InChI=1S/C25H31N3O3/c1-27(2)24(29)18-6-8-20(9-7-18)26-21-10-11-23-19(16-21)17-30-25(31-23)12-14-28(15-13-25)22-4-3-5-22/h6-11,16,22,26H,3-5,12-15,17H2,1-2H3. The van der Waals surface area contributed by atoms with E-state index in [1.807, 2.05) is 36.4 Å². The number of piperidine rings is 1. The zero-order valence-corrected chi connectivity index (χ0v) is 18.4. The van der Waals surface area contributed by atoms with Crippen LogP contribution in [0.5, 0.6) is 5.75 Å².